The van der Waals surface area contributed by atoms with Crippen molar-refractivity contribution in [1.29, 1.82) is 0 Å². The van der Waals surface area contributed by atoms with Gasteiger partial charge in [-0.05, 0) is 17.7 Å². The van der Waals surface area contributed by atoms with Gasteiger partial charge in [0.2, 0.25) is 5.89 Å². The molecule has 3 aromatic rings. The maximum absolute atomic E-state index is 12.1. The third kappa shape index (κ3) is 2.99. The fourth-order valence-electron chi connectivity index (χ4n) is 2.93. The van der Waals surface area contributed by atoms with Crippen molar-refractivity contribution < 1.29 is 18.7 Å². The van der Waals surface area contributed by atoms with E-state index in [0.717, 1.165) is 5.56 Å². The summed E-state index contributed by atoms with van der Waals surface area (Å²) in [5, 5.41) is 0. The smallest absolute Gasteiger partial charge is 0.410 e. The van der Waals surface area contributed by atoms with Gasteiger partial charge in [-0.2, -0.15) is 0 Å². The average molecular weight is 351 g/mol. The first kappa shape index (κ1) is 16.1. The molecule has 4 rings (SSSR count). The third-order valence-corrected chi connectivity index (χ3v) is 4.39. The lowest BCUT2D eigenvalue weighted by molar-refractivity contribution is 0.0621. The van der Waals surface area contributed by atoms with Crippen LogP contribution in [0.2, 0.25) is 0 Å². The number of para-hydroxylation sites is 1. The highest BCUT2D eigenvalue weighted by Crippen LogP contribution is 2.30. The summed E-state index contributed by atoms with van der Waals surface area (Å²) >= 11 is 0. The standard InChI is InChI=1S/C19H17N3O4/c20-17(23)14-7-4-8-15-16(14)26-18(21-15)13-9-22(10-13)19(24)25-11-12-5-2-1-3-6-12/h1-8,13H,9-11H2,(H2,20,23). The van der Waals surface area contributed by atoms with E-state index in [1.807, 2.05) is 30.3 Å². The second-order valence-electron chi connectivity index (χ2n) is 6.21. The van der Waals surface area contributed by atoms with Gasteiger partial charge in [0.15, 0.2) is 5.58 Å². The molecule has 1 fully saturated rings. The zero-order valence-corrected chi connectivity index (χ0v) is 13.9. The number of ether oxygens (including phenoxy) is 1. The summed E-state index contributed by atoms with van der Waals surface area (Å²) in [6.07, 6.45) is -0.362. The summed E-state index contributed by atoms with van der Waals surface area (Å²) in [6, 6.07) is 14.6. The molecule has 2 N–H and O–H groups in total. The van der Waals surface area contributed by atoms with Crippen molar-refractivity contribution in [1.82, 2.24) is 9.88 Å². The van der Waals surface area contributed by atoms with Gasteiger partial charge in [0, 0.05) is 13.1 Å². The second kappa shape index (κ2) is 6.51. The molecule has 1 aliphatic rings. The minimum Gasteiger partial charge on any atom is -0.445 e. The predicted octanol–water partition coefficient (Wildman–Crippen LogP) is 2.66. The van der Waals surface area contributed by atoms with E-state index in [4.69, 9.17) is 14.9 Å². The fraction of sp³-hybridized carbons (Fsp3) is 0.211. The number of primary amides is 1. The van der Waals surface area contributed by atoms with Gasteiger partial charge >= 0.3 is 6.09 Å². The van der Waals surface area contributed by atoms with Gasteiger partial charge in [-0.1, -0.05) is 36.4 Å². The number of aromatic nitrogens is 1. The largest absolute Gasteiger partial charge is 0.445 e. The molecule has 26 heavy (non-hydrogen) atoms. The first-order valence-corrected chi connectivity index (χ1v) is 8.26. The molecule has 0 spiro atoms. The number of oxazole rings is 1. The van der Waals surface area contributed by atoms with Crippen molar-refractivity contribution in [2.45, 2.75) is 12.5 Å². The minimum atomic E-state index is -0.557. The molecule has 1 aliphatic heterocycles. The Kier molecular flexibility index (Phi) is 4.04. The van der Waals surface area contributed by atoms with Crippen LogP contribution in [0, 0.1) is 0 Å². The molecular formula is C19H17N3O4. The Hall–Kier alpha value is -3.35. The Morgan fingerprint density at radius 3 is 2.65 bits per heavy atom. The molecule has 7 nitrogen and oxygen atoms in total. The third-order valence-electron chi connectivity index (χ3n) is 4.39. The Balaban J connectivity index is 1.38. The first-order chi connectivity index (χ1) is 12.6. The van der Waals surface area contributed by atoms with Gasteiger partial charge in [0.05, 0.1) is 11.5 Å². The number of fused-ring (bicyclic) bond motifs is 1. The topological polar surface area (TPSA) is 98.7 Å². The molecule has 0 aliphatic carbocycles. The first-order valence-electron chi connectivity index (χ1n) is 8.26. The van der Waals surface area contributed by atoms with Gasteiger partial charge in [0.25, 0.3) is 5.91 Å². The van der Waals surface area contributed by atoms with Gasteiger partial charge < -0.3 is 19.8 Å². The van der Waals surface area contributed by atoms with E-state index >= 15 is 0 Å². The summed E-state index contributed by atoms with van der Waals surface area (Å²) in [6.45, 7) is 1.17. The highest BCUT2D eigenvalue weighted by Gasteiger charge is 2.36. The highest BCUT2D eigenvalue weighted by atomic mass is 16.6. The van der Waals surface area contributed by atoms with Crippen LogP contribution in [0.5, 0.6) is 0 Å². The number of hydrogen-bond donors (Lipinski definition) is 1. The maximum atomic E-state index is 12.1. The molecule has 0 saturated carbocycles. The summed E-state index contributed by atoms with van der Waals surface area (Å²) < 4.78 is 11.0. The molecule has 2 heterocycles. The van der Waals surface area contributed by atoms with Crippen LogP contribution >= 0.6 is 0 Å². The van der Waals surface area contributed by atoms with Crippen LogP contribution in [-0.2, 0) is 11.3 Å². The lowest BCUT2D eigenvalue weighted by Gasteiger charge is -2.36. The molecular weight excluding hydrogens is 334 g/mol. The molecule has 0 bridgehead atoms. The van der Waals surface area contributed by atoms with Crippen molar-refractivity contribution in [3.05, 3.63) is 65.5 Å². The average Bonchev–Trinajstić information content (AvgIpc) is 3.02. The quantitative estimate of drug-likeness (QED) is 0.779. The van der Waals surface area contributed by atoms with Crippen LogP contribution in [0.15, 0.2) is 52.9 Å². The van der Waals surface area contributed by atoms with E-state index in [9.17, 15) is 9.59 Å². The number of benzene rings is 2. The lowest BCUT2D eigenvalue weighted by Crippen LogP contribution is -2.48. The van der Waals surface area contributed by atoms with E-state index in [1.165, 1.54) is 0 Å². The van der Waals surface area contributed by atoms with Gasteiger partial charge in [-0.15, -0.1) is 0 Å². The van der Waals surface area contributed by atoms with E-state index in [1.54, 1.807) is 23.1 Å². The monoisotopic (exact) mass is 351 g/mol. The van der Waals surface area contributed by atoms with E-state index in [-0.39, 0.29) is 18.6 Å². The number of nitrogens with two attached hydrogens (primary N) is 1. The van der Waals surface area contributed by atoms with Crippen molar-refractivity contribution in [3.8, 4) is 0 Å². The van der Waals surface area contributed by atoms with Crippen molar-refractivity contribution in [3.63, 3.8) is 0 Å². The molecule has 7 heteroatoms. The van der Waals surface area contributed by atoms with Crippen LogP contribution in [0.25, 0.3) is 11.1 Å². The van der Waals surface area contributed by atoms with Crippen molar-refractivity contribution in [2.75, 3.05) is 13.1 Å². The fourth-order valence-corrected chi connectivity index (χ4v) is 2.93. The molecule has 1 aromatic heterocycles. The molecule has 132 valence electrons. The maximum Gasteiger partial charge on any atom is 0.410 e. The number of amides is 2. The van der Waals surface area contributed by atoms with Gasteiger partial charge in [-0.3, -0.25) is 4.79 Å². The summed E-state index contributed by atoms with van der Waals surface area (Å²) in [5.41, 5.74) is 7.58. The van der Waals surface area contributed by atoms with Crippen LogP contribution in [0.3, 0.4) is 0 Å². The number of carbonyl (C=O) groups excluding carboxylic acids is 2. The Labute approximate surface area is 149 Å². The number of rotatable bonds is 4. The van der Waals surface area contributed by atoms with Crippen LogP contribution < -0.4 is 5.73 Å². The Bertz CT molecular complexity index is 961. The Morgan fingerprint density at radius 2 is 1.92 bits per heavy atom. The summed E-state index contributed by atoms with van der Waals surface area (Å²) in [7, 11) is 0. The van der Waals surface area contributed by atoms with Crippen LogP contribution in [0.1, 0.15) is 27.7 Å². The zero-order chi connectivity index (χ0) is 18.1. The van der Waals surface area contributed by atoms with Crippen molar-refractivity contribution >= 4 is 23.1 Å². The number of nitrogens with zero attached hydrogens (tertiary/aromatic N) is 2. The van der Waals surface area contributed by atoms with Gasteiger partial charge in [0.1, 0.15) is 12.1 Å². The van der Waals surface area contributed by atoms with E-state index < -0.39 is 5.91 Å². The van der Waals surface area contributed by atoms with Crippen LogP contribution in [0.4, 0.5) is 4.79 Å². The molecule has 0 atom stereocenters. The minimum absolute atomic E-state index is 0.0209. The number of likely N-dealkylation sites (tertiary alicyclic amines) is 1. The SMILES string of the molecule is NC(=O)c1cccc2nc(C3CN(C(=O)OCc4ccccc4)C3)oc12. The molecule has 0 unspecified atom stereocenters. The summed E-state index contributed by atoms with van der Waals surface area (Å²) in [5.74, 6) is -0.0776. The summed E-state index contributed by atoms with van der Waals surface area (Å²) in [4.78, 5) is 29.6. The number of carbonyl (C=O) groups is 2. The predicted molar refractivity (Wildman–Crippen MR) is 93.5 cm³/mol. The molecule has 2 aromatic carbocycles. The molecule has 0 radical (unpaired) electrons. The van der Waals surface area contributed by atoms with Crippen LogP contribution in [-0.4, -0.2) is 35.0 Å². The van der Waals surface area contributed by atoms with E-state index in [2.05, 4.69) is 4.98 Å². The zero-order valence-electron chi connectivity index (χ0n) is 13.9. The second-order valence-corrected chi connectivity index (χ2v) is 6.21. The highest BCUT2D eigenvalue weighted by molar-refractivity contribution is 6.03. The Morgan fingerprint density at radius 1 is 1.15 bits per heavy atom. The van der Waals surface area contributed by atoms with Crippen molar-refractivity contribution in [2.24, 2.45) is 5.73 Å². The lowest BCUT2D eigenvalue weighted by atomic mass is 10.0. The van der Waals surface area contributed by atoms with E-state index in [0.29, 0.717) is 35.6 Å². The number of hydrogen-bond acceptors (Lipinski definition) is 5. The molecule has 2 amide bonds. The molecule has 1 saturated heterocycles. The van der Waals surface area contributed by atoms with Gasteiger partial charge in [-0.25, -0.2) is 9.78 Å². The normalized spacial score (nSPS) is 14.2.